The molecule has 1 aromatic heterocycles. The number of hydrogen-bond donors (Lipinski definition) is 0. The van der Waals surface area contributed by atoms with Crippen molar-refractivity contribution in [3.05, 3.63) is 75.5 Å². The van der Waals surface area contributed by atoms with E-state index in [2.05, 4.69) is 0 Å². The number of nitro groups is 1. The van der Waals surface area contributed by atoms with Crippen molar-refractivity contribution >= 4 is 11.6 Å². The summed E-state index contributed by atoms with van der Waals surface area (Å²) in [7, 11) is 0. The number of likely N-dealkylation sites (tertiary alicyclic amines) is 1. The first-order valence-electron chi connectivity index (χ1n) is 9.66. The Balaban J connectivity index is 1.83. The van der Waals surface area contributed by atoms with Crippen LogP contribution in [0.1, 0.15) is 34.5 Å². The van der Waals surface area contributed by atoms with E-state index in [1.54, 1.807) is 22.9 Å². The largest absolute Gasteiger partial charge is 0.337 e. The van der Waals surface area contributed by atoms with Crippen LogP contribution in [0.3, 0.4) is 0 Å². The third kappa shape index (κ3) is 3.63. The molecular weight excluding hydrogens is 368 g/mol. The van der Waals surface area contributed by atoms with Gasteiger partial charge in [0.05, 0.1) is 16.3 Å². The number of nitrogens with zero attached hydrogens (tertiary/aromatic N) is 4. The highest BCUT2D eigenvalue weighted by Crippen LogP contribution is 2.27. The number of carbonyl (C=O) groups is 1. The lowest BCUT2D eigenvalue weighted by molar-refractivity contribution is -0.384. The molecule has 0 spiro atoms. The monoisotopic (exact) mass is 390 g/mol. The Bertz CT molecular complexity index is 1080. The molecule has 0 aliphatic carbocycles. The van der Waals surface area contributed by atoms with Gasteiger partial charge >= 0.3 is 0 Å². The van der Waals surface area contributed by atoms with Crippen LogP contribution in [0.5, 0.6) is 0 Å². The topological polar surface area (TPSA) is 81.3 Å². The van der Waals surface area contributed by atoms with Gasteiger partial charge in [0.2, 0.25) is 0 Å². The second-order valence-electron chi connectivity index (χ2n) is 7.42. The summed E-state index contributed by atoms with van der Waals surface area (Å²) in [6.45, 7) is 5.51. The Morgan fingerprint density at radius 2 is 1.72 bits per heavy atom. The average molecular weight is 390 g/mol. The van der Waals surface area contributed by atoms with E-state index in [-0.39, 0.29) is 11.6 Å². The smallest absolute Gasteiger partial charge is 0.272 e. The zero-order chi connectivity index (χ0) is 20.5. The Labute approximate surface area is 168 Å². The standard InChI is InChI=1S/C22H22N4O3/c1-15-5-6-16(2)20(13-15)25-21(22(27)24-11-3-4-12-24)14-19(23-25)17-7-9-18(10-8-17)26(28)29/h5-10,13-14H,3-4,11-12H2,1-2H3. The SMILES string of the molecule is Cc1ccc(C)c(-n2nc(-c3ccc([N+](=O)[O-])cc3)cc2C(=O)N2CCCC2)c1. The van der Waals surface area contributed by atoms with Crippen molar-refractivity contribution in [1.82, 2.24) is 14.7 Å². The molecule has 7 heteroatoms. The maximum Gasteiger partial charge on any atom is 0.272 e. The van der Waals surface area contributed by atoms with Crippen molar-refractivity contribution in [2.45, 2.75) is 26.7 Å². The molecule has 0 N–H and O–H groups in total. The highest BCUT2D eigenvalue weighted by atomic mass is 16.6. The molecule has 0 unspecified atom stereocenters. The van der Waals surface area contributed by atoms with E-state index in [4.69, 9.17) is 5.10 Å². The maximum atomic E-state index is 13.2. The van der Waals surface area contributed by atoms with E-state index < -0.39 is 4.92 Å². The first-order chi connectivity index (χ1) is 13.9. The number of hydrogen-bond acceptors (Lipinski definition) is 4. The molecule has 1 aliphatic rings. The van der Waals surface area contributed by atoms with Crippen LogP contribution in [-0.2, 0) is 0 Å². The highest BCUT2D eigenvalue weighted by molar-refractivity contribution is 5.94. The van der Waals surface area contributed by atoms with E-state index >= 15 is 0 Å². The lowest BCUT2D eigenvalue weighted by atomic mass is 10.1. The normalized spacial score (nSPS) is 13.7. The first-order valence-corrected chi connectivity index (χ1v) is 9.66. The minimum Gasteiger partial charge on any atom is -0.337 e. The number of benzene rings is 2. The molecule has 2 heterocycles. The van der Waals surface area contributed by atoms with E-state index in [1.165, 1.54) is 12.1 Å². The van der Waals surface area contributed by atoms with Gasteiger partial charge in [0, 0.05) is 30.8 Å². The fourth-order valence-corrected chi connectivity index (χ4v) is 3.64. The van der Waals surface area contributed by atoms with Crippen LogP contribution in [0.4, 0.5) is 5.69 Å². The van der Waals surface area contributed by atoms with Crippen LogP contribution in [0.15, 0.2) is 48.5 Å². The Hall–Kier alpha value is -3.48. The van der Waals surface area contributed by atoms with Gasteiger partial charge in [-0.2, -0.15) is 5.10 Å². The summed E-state index contributed by atoms with van der Waals surface area (Å²) in [4.78, 5) is 25.6. The summed E-state index contributed by atoms with van der Waals surface area (Å²) in [6.07, 6.45) is 2.02. The van der Waals surface area contributed by atoms with Gasteiger partial charge in [-0.3, -0.25) is 14.9 Å². The predicted octanol–water partition coefficient (Wildman–Crippen LogP) is 4.30. The van der Waals surface area contributed by atoms with Crippen molar-refractivity contribution in [3.8, 4) is 16.9 Å². The highest BCUT2D eigenvalue weighted by Gasteiger charge is 2.25. The van der Waals surface area contributed by atoms with Crippen molar-refractivity contribution < 1.29 is 9.72 Å². The molecule has 4 rings (SSSR count). The zero-order valence-electron chi connectivity index (χ0n) is 16.5. The molecule has 0 bridgehead atoms. The van der Waals surface area contributed by atoms with E-state index in [0.717, 1.165) is 48.3 Å². The molecule has 1 aliphatic heterocycles. The summed E-state index contributed by atoms with van der Waals surface area (Å²) in [5.41, 5.74) is 4.84. The Morgan fingerprint density at radius 1 is 1.03 bits per heavy atom. The van der Waals surface area contributed by atoms with Gasteiger partial charge in [-0.25, -0.2) is 4.68 Å². The van der Waals surface area contributed by atoms with E-state index in [9.17, 15) is 14.9 Å². The number of amides is 1. The number of aromatic nitrogens is 2. The van der Waals surface area contributed by atoms with Crippen molar-refractivity contribution in [2.24, 2.45) is 0 Å². The molecular formula is C22H22N4O3. The number of non-ortho nitro benzene ring substituents is 1. The molecule has 3 aromatic rings. The van der Waals surface area contributed by atoms with Crippen LogP contribution in [0, 0.1) is 24.0 Å². The second-order valence-corrected chi connectivity index (χ2v) is 7.42. The first kappa shape index (κ1) is 18.9. The molecule has 1 amide bonds. The van der Waals surface area contributed by atoms with Crippen LogP contribution in [0.25, 0.3) is 16.9 Å². The molecule has 0 radical (unpaired) electrons. The molecule has 0 atom stereocenters. The van der Waals surface area contributed by atoms with Crippen molar-refractivity contribution in [3.63, 3.8) is 0 Å². The summed E-state index contributed by atoms with van der Waals surface area (Å²) < 4.78 is 1.71. The van der Waals surface area contributed by atoms with Gasteiger partial charge in [0.15, 0.2) is 0 Å². The molecule has 7 nitrogen and oxygen atoms in total. The van der Waals surface area contributed by atoms with Crippen molar-refractivity contribution in [1.29, 1.82) is 0 Å². The zero-order valence-corrected chi connectivity index (χ0v) is 16.5. The molecule has 1 fully saturated rings. The summed E-state index contributed by atoms with van der Waals surface area (Å²) >= 11 is 0. The predicted molar refractivity (Wildman–Crippen MR) is 110 cm³/mol. The van der Waals surface area contributed by atoms with Crippen LogP contribution in [0.2, 0.25) is 0 Å². The molecule has 0 saturated carbocycles. The van der Waals surface area contributed by atoms with Gasteiger partial charge in [0.1, 0.15) is 5.69 Å². The third-order valence-electron chi connectivity index (χ3n) is 5.29. The van der Waals surface area contributed by atoms with Gasteiger partial charge < -0.3 is 4.90 Å². The van der Waals surface area contributed by atoms with Gasteiger partial charge in [-0.15, -0.1) is 0 Å². The minimum atomic E-state index is -0.430. The van der Waals surface area contributed by atoms with Crippen LogP contribution in [-0.4, -0.2) is 38.6 Å². The fraction of sp³-hybridized carbons (Fsp3) is 0.273. The van der Waals surface area contributed by atoms with Crippen LogP contribution >= 0.6 is 0 Å². The summed E-state index contributed by atoms with van der Waals surface area (Å²) in [5.74, 6) is -0.0379. The third-order valence-corrected chi connectivity index (χ3v) is 5.29. The van der Waals surface area contributed by atoms with Gasteiger partial charge in [-0.1, -0.05) is 12.1 Å². The second kappa shape index (κ2) is 7.50. The Kier molecular flexibility index (Phi) is 4.88. The maximum absolute atomic E-state index is 13.2. The molecule has 2 aromatic carbocycles. The van der Waals surface area contributed by atoms with Gasteiger partial charge in [-0.05, 0) is 62.1 Å². The summed E-state index contributed by atoms with van der Waals surface area (Å²) in [6, 6.07) is 14.1. The van der Waals surface area contributed by atoms with Crippen LogP contribution < -0.4 is 0 Å². The molecule has 1 saturated heterocycles. The fourth-order valence-electron chi connectivity index (χ4n) is 3.64. The van der Waals surface area contributed by atoms with Gasteiger partial charge in [0.25, 0.3) is 11.6 Å². The lowest BCUT2D eigenvalue weighted by Crippen LogP contribution is -2.29. The lowest BCUT2D eigenvalue weighted by Gasteiger charge is -2.17. The van der Waals surface area contributed by atoms with E-state index in [0.29, 0.717) is 11.4 Å². The number of nitro benzene ring substituents is 1. The quantitative estimate of drug-likeness (QED) is 0.491. The molecule has 148 valence electrons. The molecule has 29 heavy (non-hydrogen) atoms. The number of carbonyl (C=O) groups excluding carboxylic acids is 1. The van der Waals surface area contributed by atoms with E-state index in [1.807, 2.05) is 36.9 Å². The Morgan fingerprint density at radius 3 is 2.38 bits per heavy atom. The minimum absolute atomic E-state index is 0.0241. The number of rotatable bonds is 4. The summed E-state index contributed by atoms with van der Waals surface area (Å²) in [5, 5.41) is 15.7. The number of aryl methyl sites for hydroxylation is 2. The average Bonchev–Trinajstić information content (AvgIpc) is 3.39. The van der Waals surface area contributed by atoms with Crippen molar-refractivity contribution in [2.75, 3.05) is 13.1 Å².